The van der Waals surface area contributed by atoms with Crippen molar-refractivity contribution in [3.63, 3.8) is 0 Å². The Labute approximate surface area is 754 Å². The highest BCUT2D eigenvalue weighted by Crippen LogP contribution is 2.33. The largest absolute Gasteiger partial charge is 0.507 e. The zero-order chi connectivity index (χ0) is 92.4. The quantitative estimate of drug-likeness (QED) is 0.0216. The molecule has 3 aliphatic rings. The van der Waals surface area contributed by atoms with E-state index in [4.69, 9.17) is 32.4 Å². The highest BCUT2D eigenvalue weighted by atomic mass is 16.5. The molecule has 13 aromatic rings. The molecule has 7 aromatic heterocycles. The molecule has 3 saturated heterocycles. The van der Waals surface area contributed by atoms with Gasteiger partial charge in [0.15, 0.2) is 23.3 Å². The first kappa shape index (κ1) is 92.8. The fraction of sp³-hybridized carbons (Fsp3) is 0.309. The van der Waals surface area contributed by atoms with E-state index in [1.807, 2.05) is 178 Å². The number of nitrogens with zero attached hydrogens (tertiary/aromatic N) is 11. The van der Waals surface area contributed by atoms with Crippen LogP contribution in [0.25, 0.3) is 11.3 Å². The number of H-pyrrole nitrogens is 4. The number of piperazine rings is 1. The molecule has 130 heavy (non-hydrogen) atoms. The minimum atomic E-state index is -0.556. The number of aryl methyl sites for hydroxylation is 9. The van der Waals surface area contributed by atoms with Gasteiger partial charge < -0.3 is 93.7 Å². The number of phenolic OH excluding ortho intramolecular Hbond substituents is 4. The van der Waals surface area contributed by atoms with Crippen LogP contribution in [-0.2, 0) is 61.3 Å². The first-order valence-electron chi connectivity index (χ1n) is 43.2. The van der Waals surface area contributed by atoms with E-state index in [1.165, 1.54) is 5.69 Å². The monoisotopic (exact) mass is 1760 g/mol. The third-order valence-electron chi connectivity index (χ3n) is 23.2. The van der Waals surface area contributed by atoms with E-state index >= 15 is 0 Å². The summed E-state index contributed by atoms with van der Waals surface area (Å²) in [5.74, 6) is 1.65. The van der Waals surface area contributed by atoms with Crippen LogP contribution in [0, 0.1) is 62.3 Å². The molecule has 16 rings (SSSR count). The molecule has 3 fully saturated rings. The molecule has 0 bridgehead atoms. The summed E-state index contributed by atoms with van der Waals surface area (Å²) in [5, 5.41) is 81.6. The van der Waals surface area contributed by atoms with Gasteiger partial charge >= 0.3 is 0 Å². The summed E-state index contributed by atoms with van der Waals surface area (Å²) >= 11 is 0. The number of primary amides is 4. The Hall–Kier alpha value is -14.8. The lowest BCUT2D eigenvalue weighted by molar-refractivity contribution is 0.0991. The number of nitrogens with two attached hydrogens (primary N) is 4. The molecule has 0 spiro atoms. The number of carbonyl (C=O) groups is 4. The number of aromatic nitrogens is 11. The number of aromatic hydroxyl groups is 4. The molecule has 10 heterocycles. The molecule has 20 N–H and O–H groups in total. The van der Waals surface area contributed by atoms with Crippen molar-refractivity contribution in [3.05, 3.63) is 292 Å². The Balaban J connectivity index is 0.000000148. The van der Waals surface area contributed by atoms with Crippen molar-refractivity contribution in [1.82, 2.24) is 60.6 Å². The van der Waals surface area contributed by atoms with Gasteiger partial charge in [0, 0.05) is 134 Å². The number of hydrogen-bond acceptors (Lipinski definition) is 25. The zero-order valence-electron chi connectivity index (χ0n) is 75.0. The van der Waals surface area contributed by atoms with Crippen LogP contribution < -0.4 is 58.9 Å². The van der Waals surface area contributed by atoms with E-state index < -0.39 is 23.6 Å². The Morgan fingerprint density at radius 3 is 1.05 bits per heavy atom. The number of nitrogens with one attached hydrogen (secondary N) is 8. The van der Waals surface area contributed by atoms with Gasteiger partial charge in [-0.25, -0.2) is 4.98 Å². The van der Waals surface area contributed by atoms with Crippen LogP contribution in [0.3, 0.4) is 0 Å². The van der Waals surface area contributed by atoms with Crippen molar-refractivity contribution in [1.29, 1.82) is 0 Å². The molecule has 0 radical (unpaired) electrons. The lowest BCUT2D eigenvalue weighted by Crippen LogP contribution is -2.44. The molecule has 678 valence electrons. The number of hydrogen-bond donors (Lipinski definition) is 16. The number of likely N-dealkylation sites (N-methyl/N-ethyl adjacent to an activating group) is 1. The maximum absolute atomic E-state index is 12.2. The maximum atomic E-state index is 12.2. The van der Waals surface area contributed by atoms with Crippen molar-refractivity contribution < 1.29 is 49.1 Å². The fourth-order valence-electron chi connectivity index (χ4n) is 16.3. The third kappa shape index (κ3) is 23.5. The van der Waals surface area contributed by atoms with Crippen LogP contribution in [-0.4, -0.2) is 191 Å². The SMILES string of the molecule is Cc1cc(CNc2n[nH]c(Cc3ccc(-c4ccccn4)cc3)c2C(N)=O)cc(C)c1O.Cc1cc(CNc2n[nH]c(Cc3ccc(N4CCN(C)CC4)cc3)c2C(N)=O)cc(C)c1O.Cc1cc(CNc2n[nH]c(Cc3ccc(N4CCOCC4)cn3)c2C(N)=O)cc(C)c1O.Cc1cc(Cc2[nH]nc(NCc3cc(C)c(O)c(C)c3)c2C(N)=O)cnc1N1CCOCC1. The number of carbonyl (C=O) groups excluding carboxylic acids is 4. The molecule has 0 unspecified atom stereocenters. The van der Waals surface area contributed by atoms with E-state index in [-0.39, 0.29) is 0 Å². The maximum Gasteiger partial charge on any atom is 0.254 e. The number of anilines is 7. The molecular formula is C97H115N23O10. The molecule has 3 aliphatic heterocycles. The standard InChI is InChI=1S/C25H32N6O2.C25H25N5O2.C24H30N6O3.C23H28N6O3/c1-16-12-19(13-17(2)23(16)32)15-27-25-22(24(26)33)21(28-29-25)14-18-4-6-20(7-5-18)31-10-8-30(3)9-11-31;1-15-11-18(12-16(2)23(15)31)14-28-25-22(24(26)32)21(29-30-25)13-17-6-8-19(9-7-17)20-5-3-4-10-27-20;1-14-8-17(9-15(2)21(14)31)12-26-23-20(22(25)32)19(28-29-23)11-18-10-16(3)24(27-13-18)30-4-6-33-7-5-30;1-14-9-16(10-15(2)21(14)30)12-26-23-20(22(24)31)19(27-28-23)11-17-3-4-18(13-25-17)29-5-7-32-8-6-29/h4-7,12-13,32H,8-11,14-15H2,1-3H3,(H2,26,33)(H2,27,28,29);3-12,31H,13-14H2,1-2H3,(H2,26,32)(H2,28,29,30);8-10,13,31H,4-7,11-12H2,1-3H3,(H2,25,32)(H2,26,28,29);3-4,9-10,13,30H,5-8,11-12H2,1-2H3,(H2,24,31)(H2,26,27,28). The zero-order valence-corrected chi connectivity index (χ0v) is 75.0. The predicted octanol–water partition coefficient (Wildman–Crippen LogP) is 11.7. The van der Waals surface area contributed by atoms with Crippen molar-refractivity contribution >= 4 is 64.1 Å². The number of rotatable bonds is 28. The van der Waals surface area contributed by atoms with Gasteiger partial charge in [0.05, 0.1) is 66.8 Å². The molecule has 6 aromatic carbocycles. The Morgan fingerprint density at radius 1 is 0.362 bits per heavy atom. The predicted molar refractivity (Wildman–Crippen MR) is 504 cm³/mol. The highest BCUT2D eigenvalue weighted by Gasteiger charge is 2.26. The molecule has 4 amide bonds. The Kier molecular flexibility index (Phi) is 30.5. The van der Waals surface area contributed by atoms with E-state index in [1.54, 1.807) is 6.20 Å². The Bertz CT molecular complexity index is 6040. The number of aromatic amines is 4. The summed E-state index contributed by atoms with van der Waals surface area (Å²) in [6.07, 6.45) is 7.34. The number of morpholine rings is 2. The molecule has 0 aliphatic carbocycles. The summed E-state index contributed by atoms with van der Waals surface area (Å²) in [5.41, 5.74) is 46.2. The second-order valence-electron chi connectivity index (χ2n) is 33.2. The first-order valence-corrected chi connectivity index (χ1v) is 43.2. The topological polar surface area (TPSA) is 486 Å². The molecule has 0 atom stereocenters. The Morgan fingerprint density at radius 2 is 0.700 bits per heavy atom. The second-order valence-corrected chi connectivity index (χ2v) is 33.2. The van der Waals surface area contributed by atoms with E-state index in [0.717, 1.165) is 183 Å². The highest BCUT2D eigenvalue weighted by molar-refractivity contribution is 6.01. The average molecular weight is 1760 g/mol. The minimum Gasteiger partial charge on any atom is -0.507 e. The van der Waals surface area contributed by atoms with Crippen LogP contribution in [0.2, 0.25) is 0 Å². The van der Waals surface area contributed by atoms with E-state index in [0.29, 0.717) is 156 Å². The smallest absolute Gasteiger partial charge is 0.254 e. The van der Waals surface area contributed by atoms with Crippen LogP contribution in [0.1, 0.15) is 159 Å². The second kappa shape index (κ2) is 42.6. The lowest BCUT2D eigenvalue weighted by Gasteiger charge is -2.34. The van der Waals surface area contributed by atoms with E-state index in [9.17, 15) is 39.6 Å². The van der Waals surface area contributed by atoms with Gasteiger partial charge in [-0.2, -0.15) is 20.4 Å². The van der Waals surface area contributed by atoms with Crippen LogP contribution in [0.15, 0.2) is 152 Å². The van der Waals surface area contributed by atoms with Gasteiger partial charge in [0.25, 0.3) is 23.6 Å². The third-order valence-corrected chi connectivity index (χ3v) is 23.2. The lowest BCUT2D eigenvalue weighted by atomic mass is 10.0. The van der Waals surface area contributed by atoms with Gasteiger partial charge in [0.2, 0.25) is 0 Å². The molecular weight excluding hydrogens is 1650 g/mol. The van der Waals surface area contributed by atoms with E-state index in [2.05, 4.69) is 134 Å². The molecule has 33 heteroatoms. The van der Waals surface area contributed by atoms with Crippen LogP contribution in [0.5, 0.6) is 23.0 Å². The summed E-state index contributed by atoms with van der Waals surface area (Å²) in [4.78, 5) is 71.6. The summed E-state index contributed by atoms with van der Waals surface area (Å²) in [6.45, 7) is 29.1. The van der Waals surface area contributed by atoms with Crippen molar-refractivity contribution in [2.45, 2.75) is 114 Å². The number of ether oxygens (including phenoxy) is 2. The number of phenols is 4. The number of benzene rings is 6. The summed E-state index contributed by atoms with van der Waals surface area (Å²) in [6, 6.07) is 43.6. The summed E-state index contributed by atoms with van der Waals surface area (Å²) < 4.78 is 10.8. The summed E-state index contributed by atoms with van der Waals surface area (Å²) in [7, 11) is 2.15. The van der Waals surface area contributed by atoms with Crippen LogP contribution in [0.4, 0.5) is 40.5 Å². The average Bonchev–Trinajstić information content (AvgIpc) is 1.65. The van der Waals surface area contributed by atoms with Gasteiger partial charge in [-0.05, 0) is 195 Å². The minimum absolute atomic E-state index is 0.292. The molecule has 33 nitrogen and oxygen atoms in total. The first-order chi connectivity index (χ1) is 62.5. The van der Waals surface area contributed by atoms with Gasteiger partial charge in [-0.15, -0.1) is 0 Å². The molecule has 0 saturated carbocycles. The van der Waals surface area contributed by atoms with Gasteiger partial charge in [0.1, 0.15) is 51.1 Å². The van der Waals surface area contributed by atoms with Crippen molar-refractivity contribution in [3.8, 4) is 34.3 Å². The van der Waals surface area contributed by atoms with Crippen molar-refractivity contribution in [2.75, 3.05) is 122 Å². The number of pyridine rings is 3. The number of amides is 4. The van der Waals surface area contributed by atoms with Crippen molar-refractivity contribution in [2.24, 2.45) is 22.9 Å². The van der Waals surface area contributed by atoms with Gasteiger partial charge in [-0.3, -0.25) is 49.5 Å². The fourth-order valence-corrected chi connectivity index (χ4v) is 16.3. The van der Waals surface area contributed by atoms with Gasteiger partial charge in [-0.1, -0.05) is 97.1 Å². The normalized spacial score (nSPS) is 13.3. The van der Waals surface area contributed by atoms with Crippen LogP contribution >= 0.6 is 0 Å².